The lowest BCUT2D eigenvalue weighted by atomic mass is 10.1. The van der Waals surface area contributed by atoms with Gasteiger partial charge in [0.2, 0.25) is 0 Å². The van der Waals surface area contributed by atoms with Gasteiger partial charge in [-0.05, 0) is 24.6 Å². The number of aliphatic carboxylic acids is 1. The monoisotopic (exact) mass is 283 g/mol. The smallest absolute Gasteiger partial charge is 0.308 e. The standard InChI is InChI=1S/C13H14ClNO4/c14-10-2-1-3-11(6-10)19-8-12(16)15-5-4-9(7-15)13(17)18/h1-3,6,9H,4-5,7-8H2,(H,17,18). The van der Waals surface area contributed by atoms with E-state index in [2.05, 4.69) is 0 Å². The molecular formula is C13H14ClNO4. The SMILES string of the molecule is O=C(O)C1CCN(C(=O)COc2cccc(Cl)c2)C1. The van der Waals surface area contributed by atoms with Gasteiger partial charge < -0.3 is 14.7 Å². The fourth-order valence-corrected chi connectivity index (χ4v) is 2.16. The first kappa shape index (κ1) is 13.7. The maximum absolute atomic E-state index is 11.8. The average Bonchev–Trinajstić information content (AvgIpc) is 2.86. The Kier molecular flexibility index (Phi) is 4.27. The summed E-state index contributed by atoms with van der Waals surface area (Å²) < 4.78 is 5.33. The molecule has 1 aliphatic heterocycles. The molecule has 6 heteroatoms. The molecular weight excluding hydrogens is 270 g/mol. The Bertz CT molecular complexity index is 491. The highest BCUT2D eigenvalue weighted by Crippen LogP contribution is 2.19. The number of halogens is 1. The third-order valence-corrected chi connectivity index (χ3v) is 3.28. The Hall–Kier alpha value is -1.75. The Morgan fingerprint density at radius 3 is 2.89 bits per heavy atom. The number of rotatable bonds is 4. The number of amides is 1. The number of hydrogen-bond acceptors (Lipinski definition) is 3. The zero-order chi connectivity index (χ0) is 13.8. The lowest BCUT2D eigenvalue weighted by molar-refractivity contribution is -0.141. The van der Waals surface area contributed by atoms with Crippen LogP contribution in [-0.4, -0.2) is 41.6 Å². The summed E-state index contributed by atoms with van der Waals surface area (Å²) >= 11 is 5.80. The summed E-state index contributed by atoms with van der Waals surface area (Å²) in [4.78, 5) is 24.2. The molecule has 0 spiro atoms. The normalized spacial score (nSPS) is 18.4. The number of carbonyl (C=O) groups is 2. The van der Waals surface area contributed by atoms with Gasteiger partial charge in [0.25, 0.3) is 5.91 Å². The van der Waals surface area contributed by atoms with E-state index in [1.54, 1.807) is 24.3 Å². The van der Waals surface area contributed by atoms with Crippen LogP contribution in [0.5, 0.6) is 5.75 Å². The lowest BCUT2D eigenvalue weighted by Crippen LogP contribution is -2.33. The van der Waals surface area contributed by atoms with E-state index in [1.807, 2.05) is 0 Å². The molecule has 19 heavy (non-hydrogen) atoms. The number of likely N-dealkylation sites (tertiary alicyclic amines) is 1. The number of carbonyl (C=O) groups excluding carboxylic acids is 1. The summed E-state index contributed by atoms with van der Waals surface area (Å²) in [5, 5.41) is 9.41. The van der Waals surface area contributed by atoms with Crippen molar-refractivity contribution in [3.8, 4) is 5.75 Å². The van der Waals surface area contributed by atoms with Crippen molar-refractivity contribution in [1.29, 1.82) is 0 Å². The van der Waals surface area contributed by atoms with Crippen LogP contribution in [0.2, 0.25) is 5.02 Å². The first-order chi connectivity index (χ1) is 9.06. The Labute approximate surface area is 115 Å². The fourth-order valence-electron chi connectivity index (χ4n) is 1.98. The predicted molar refractivity (Wildman–Crippen MR) is 69.3 cm³/mol. The van der Waals surface area contributed by atoms with E-state index in [1.165, 1.54) is 4.90 Å². The highest BCUT2D eigenvalue weighted by molar-refractivity contribution is 6.30. The van der Waals surface area contributed by atoms with Crippen molar-refractivity contribution in [3.63, 3.8) is 0 Å². The van der Waals surface area contributed by atoms with Crippen LogP contribution in [0.3, 0.4) is 0 Å². The van der Waals surface area contributed by atoms with Gasteiger partial charge in [0.05, 0.1) is 5.92 Å². The second kappa shape index (κ2) is 5.93. The van der Waals surface area contributed by atoms with Crippen molar-refractivity contribution in [3.05, 3.63) is 29.3 Å². The van der Waals surface area contributed by atoms with Crippen LogP contribution in [0.25, 0.3) is 0 Å². The topological polar surface area (TPSA) is 66.8 Å². The number of carboxylic acid groups (broad SMARTS) is 1. The van der Waals surface area contributed by atoms with E-state index in [0.717, 1.165) is 0 Å². The summed E-state index contributed by atoms with van der Waals surface area (Å²) in [5.41, 5.74) is 0. The van der Waals surface area contributed by atoms with Crippen molar-refractivity contribution < 1.29 is 19.4 Å². The van der Waals surface area contributed by atoms with Gasteiger partial charge in [-0.1, -0.05) is 17.7 Å². The van der Waals surface area contributed by atoms with Gasteiger partial charge >= 0.3 is 5.97 Å². The summed E-state index contributed by atoms with van der Waals surface area (Å²) in [6.07, 6.45) is 0.498. The van der Waals surface area contributed by atoms with Gasteiger partial charge in [-0.25, -0.2) is 0 Å². The molecule has 0 aliphatic carbocycles. The third kappa shape index (κ3) is 3.61. The number of hydrogen-bond donors (Lipinski definition) is 1. The van der Waals surface area contributed by atoms with E-state index in [-0.39, 0.29) is 19.1 Å². The quantitative estimate of drug-likeness (QED) is 0.912. The van der Waals surface area contributed by atoms with Crippen LogP contribution in [-0.2, 0) is 9.59 Å². The molecule has 1 aliphatic rings. The number of nitrogens with zero attached hydrogens (tertiary/aromatic N) is 1. The molecule has 1 N–H and O–H groups in total. The molecule has 1 atom stereocenters. The fraction of sp³-hybridized carbons (Fsp3) is 0.385. The molecule has 1 fully saturated rings. The highest BCUT2D eigenvalue weighted by Gasteiger charge is 2.30. The zero-order valence-electron chi connectivity index (χ0n) is 10.2. The van der Waals surface area contributed by atoms with Crippen LogP contribution < -0.4 is 4.74 Å². The van der Waals surface area contributed by atoms with Gasteiger partial charge in [0, 0.05) is 18.1 Å². The second-order valence-electron chi connectivity index (χ2n) is 4.41. The lowest BCUT2D eigenvalue weighted by Gasteiger charge is -2.16. The molecule has 1 aromatic carbocycles. The minimum Gasteiger partial charge on any atom is -0.484 e. The Balaban J connectivity index is 1.84. The summed E-state index contributed by atoms with van der Waals surface area (Å²) in [6.45, 7) is 0.620. The Morgan fingerprint density at radius 2 is 2.26 bits per heavy atom. The first-order valence-electron chi connectivity index (χ1n) is 5.95. The first-order valence-corrected chi connectivity index (χ1v) is 6.33. The van der Waals surface area contributed by atoms with Gasteiger partial charge in [-0.2, -0.15) is 0 Å². The van der Waals surface area contributed by atoms with Crippen molar-refractivity contribution in [1.82, 2.24) is 4.90 Å². The van der Waals surface area contributed by atoms with Crippen molar-refractivity contribution in [2.24, 2.45) is 5.92 Å². The molecule has 102 valence electrons. The number of carboxylic acids is 1. The average molecular weight is 284 g/mol. The molecule has 1 saturated heterocycles. The van der Waals surface area contributed by atoms with Crippen LogP contribution >= 0.6 is 11.6 Å². The van der Waals surface area contributed by atoms with Gasteiger partial charge in [0.15, 0.2) is 6.61 Å². The highest BCUT2D eigenvalue weighted by atomic mass is 35.5. The molecule has 0 aromatic heterocycles. The van der Waals surface area contributed by atoms with Gasteiger partial charge in [-0.15, -0.1) is 0 Å². The summed E-state index contributed by atoms with van der Waals surface area (Å²) in [6, 6.07) is 6.79. The van der Waals surface area contributed by atoms with Crippen LogP contribution in [0.15, 0.2) is 24.3 Å². The Morgan fingerprint density at radius 1 is 1.47 bits per heavy atom. The van der Waals surface area contributed by atoms with Gasteiger partial charge in [-0.3, -0.25) is 9.59 Å². The molecule has 0 bridgehead atoms. The summed E-state index contributed by atoms with van der Waals surface area (Å²) in [5.74, 6) is -1.00. The maximum Gasteiger partial charge on any atom is 0.308 e. The second-order valence-corrected chi connectivity index (χ2v) is 4.85. The van der Waals surface area contributed by atoms with Gasteiger partial charge in [0.1, 0.15) is 5.75 Å². The minimum absolute atomic E-state index is 0.104. The van der Waals surface area contributed by atoms with Crippen LogP contribution in [0, 0.1) is 5.92 Å². The van der Waals surface area contributed by atoms with E-state index < -0.39 is 11.9 Å². The number of benzene rings is 1. The van der Waals surface area contributed by atoms with E-state index >= 15 is 0 Å². The molecule has 1 heterocycles. The largest absolute Gasteiger partial charge is 0.484 e. The molecule has 5 nitrogen and oxygen atoms in total. The molecule has 0 radical (unpaired) electrons. The third-order valence-electron chi connectivity index (χ3n) is 3.05. The predicted octanol–water partition coefficient (Wildman–Crippen LogP) is 1.65. The summed E-state index contributed by atoms with van der Waals surface area (Å²) in [7, 11) is 0. The molecule has 2 rings (SSSR count). The molecule has 0 saturated carbocycles. The van der Waals surface area contributed by atoms with E-state index in [0.29, 0.717) is 23.7 Å². The molecule has 1 unspecified atom stereocenters. The molecule has 1 amide bonds. The minimum atomic E-state index is -0.856. The van der Waals surface area contributed by atoms with Crippen LogP contribution in [0.1, 0.15) is 6.42 Å². The zero-order valence-corrected chi connectivity index (χ0v) is 11.0. The van der Waals surface area contributed by atoms with Crippen molar-refractivity contribution in [2.75, 3.05) is 19.7 Å². The van der Waals surface area contributed by atoms with Crippen molar-refractivity contribution >= 4 is 23.5 Å². The number of ether oxygens (including phenoxy) is 1. The molecule has 1 aromatic rings. The van der Waals surface area contributed by atoms with Crippen LogP contribution in [0.4, 0.5) is 0 Å². The van der Waals surface area contributed by atoms with E-state index in [9.17, 15) is 9.59 Å². The van der Waals surface area contributed by atoms with Crippen molar-refractivity contribution in [2.45, 2.75) is 6.42 Å². The van der Waals surface area contributed by atoms with E-state index in [4.69, 9.17) is 21.4 Å². The maximum atomic E-state index is 11.8.